The van der Waals surface area contributed by atoms with Crippen molar-refractivity contribution in [2.24, 2.45) is 0 Å². The fourth-order valence-corrected chi connectivity index (χ4v) is 4.33. The second kappa shape index (κ2) is 9.52. The second-order valence-electron chi connectivity index (χ2n) is 6.25. The van der Waals surface area contributed by atoms with Crippen molar-refractivity contribution in [3.63, 3.8) is 0 Å². The quantitative estimate of drug-likeness (QED) is 0.593. The maximum Gasteiger partial charge on any atom is 0.251 e. The Morgan fingerprint density at radius 2 is 1.82 bits per heavy atom. The van der Waals surface area contributed by atoms with Crippen molar-refractivity contribution < 1.29 is 9.59 Å². The van der Waals surface area contributed by atoms with Crippen LogP contribution in [0.5, 0.6) is 0 Å². The van der Waals surface area contributed by atoms with Gasteiger partial charge in [-0.25, -0.2) is 4.98 Å². The van der Waals surface area contributed by atoms with Crippen LogP contribution in [0.25, 0.3) is 0 Å². The Kier molecular flexibility index (Phi) is 6.84. The molecule has 0 bridgehead atoms. The number of nitrogens with one attached hydrogen (secondary N) is 2. The monoisotopic (exact) mass is 411 g/mol. The van der Waals surface area contributed by atoms with E-state index in [1.165, 1.54) is 0 Å². The topological polar surface area (TPSA) is 71.1 Å². The van der Waals surface area contributed by atoms with Crippen molar-refractivity contribution in [3.05, 3.63) is 70.7 Å². The number of anilines is 1. The van der Waals surface area contributed by atoms with Crippen LogP contribution in [-0.4, -0.2) is 23.3 Å². The molecule has 0 atom stereocenters. The first-order chi connectivity index (χ1) is 13.5. The van der Waals surface area contributed by atoms with E-state index in [4.69, 9.17) is 0 Å². The van der Waals surface area contributed by atoms with Crippen LogP contribution in [-0.2, 0) is 4.79 Å². The summed E-state index contributed by atoms with van der Waals surface area (Å²) < 4.78 is 0.999. The Morgan fingerprint density at radius 3 is 2.50 bits per heavy atom. The zero-order chi connectivity index (χ0) is 19.9. The number of aromatic nitrogens is 1. The van der Waals surface area contributed by atoms with E-state index in [0.717, 1.165) is 26.2 Å². The molecule has 28 heavy (non-hydrogen) atoms. The molecule has 3 rings (SSSR count). The Hall–Kier alpha value is -2.64. The van der Waals surface area contributed by atoms with Gasteiger partial charge in [0, 0.05) is 40.2 Å². The Bertz CT molecular complexity index is 968. The lowest BCUT2D eigenvalue weighted by Crippen LogP contribution is -2.28. The predicted octanol–water partition coefficient (Wildman–Crippen LogP) is 4.67. The first kappa shape index (κ1) is 20.1. The van der Waals surface area contributed by atoms with E-state index in [-0.39, 0.29) is 24.8 Å². The molecule has 0 saturated heterocycles. The molecule has 2 aromatic carbocycles. The van der Waals surface area contributed by atoms with Crippen molar-refractivity contribution in [1.82, 2.24) is 10.3 Å². The summed E-state index contributed by atoms with van der Waals surface area (Å²) >= 11 is 3.22. The van der Waals surface area contributed by atoms with Crippen LogP contribution >= 0.6 is 23.1 Å². The van der Waals surface area contributed by atoms with Crippen molar-refractivity contribution in [2.45, 2.75) is 29.5 Å². The van der Waals surface area contributed by atoms with Gasteiger partial charge in [0.25, 0.3) is 5.91 Å². The molecule has 144 valence electrons. The molecule has 0 spiro atoms. The molecule has 2 N–H and O–H groups in total. The van der Waals surface area contributed by atoms with E-state index >= 15 is 0 Å². The van der Waals surface area contributed by atoms with Crippen LogP contribution in [0, 0.1) is 13.8 Å². The first-order valence-corrected chi connectivity index (χ1v) is 10.5. The average molecular weight is 412 g/mol. The third kappa shape index (κ3) is 5.68. The van der Waals surface area contributed by atoms with E-state index in [9.17, 15) is 9.59 Å². The summed E-state index contributed by atoms with van der Waals surface area (Å²) in [6, 6.07) is 15.0. The molecule has 3 aromatic rings. The predicted molar refractivity (Wildman–Crippen MR) is 114 cm³/mol. The molecule has 0 aliphatic heterocycles. The summed E-state index contributed by atoms with van der Waals surface area (Å²) in [5.41, 5.74) is 3.29. The maximum absolute atomic E-state index is 12.1. The van der Waals surface area contributed by atoms with Crippen LogP contribution in [0.1, 0.15) is 28.0 Å². The number of thiazole rings is 1. The Labute approximate surface area is 172 Å². The molecule has 0 aliphatic rings. The molecule has 0 saturated carbocycles. The smallest absolute Gasteiger partial charge is 0.251 e. The van der Waals surface area contributed by atoms with Crippen molar-refractivity contribution in [1.29, 1.82) is 0 Å². The molecular formula is C21H21N3O2S2. The van der Waals surface area contributed by atoms with Crippen LogP contribution < -0.4 is 10.6 Å². The van der Waals surface area contributed by atoms with Crippen molar-refractivity contribution >= 4 is 40.6 Å². The fourth-order valence-electron chi connectivity index (χ4n) is 2.52. The van der Waals surface area contributed by atoms with Crippen molar-refractivity contribution in [3.8, 4) is 0 Å². The average Bonchev–Trinajstić information content (AvgIpc) is 3.08. The van der Waals surface area contributed by atoms with Crippen LogP contribution in [0.4, 0.5) is 5.69 Å². The minimum atomic E-state index is -0.162. The third-order valence-electron chi connectivity index (χ3n) is 3.97. The molecule has 0 fully saturated rings. The number of aryl methyl sites for hydroxylation is 2. The lowest BCUT2D eigenvalue weighted by molar-refractivity contribution is -0.116. The van der Waals surface area contributed by atoms with Crippen molar-refractivity contribution in [2.75, 3.05) is 11.9 Å². The lowest BCUT2D eigenvalue weighted by Gasteiger charge is -2.08. The number of rotatable bonds is 7. The van der Waals surface area contributed by atoms with Gasteiger partial charge in [-0.05, 0) is 49.7 Å². The summed E-state index contributed by atoms with van der Waals surface area (Å²) in [6.07, 6.45) is 0.215. The normalized spacial score (nSPS) is 10.5. The number of nitrogens with zero attached hydrogens (tertiary/aromatic N) is 1. The van der Waals surface area contributed by atoms with E-state index in [2.05, 4.69) is 15.6 Å². The highest BCUT2D eigenvalue weighted by Crippen LogP contribution is 2.30. The highest BCUT2D eigenvalue weighted by Gasteiger charge is 2.09. The van der Waals surface area contributed by atoms with Gasteiger partial charge < -0.3 is 10.6 Å². The van der Waals surface area contributed by atoms with Crippen LogP contribution in [0.3, 0.4) is 0 Å². The first-order valence-electron chi connectivity index (χ1n) is 8.85. The largest absolute Gasteiger partial charge is 0.352 e. The van der Waals surface area contributed by atoms with Crippen LogP contribution in [0.2, 0.25) is 0 Å². The number of carbonyl (C=O) groups is 2. The van der Waals surface area contributed by atoms with E-state index < -0.39 is 0 Å². The minimum absolute atomic E-state index is 0.138. The Balaban J connectivity index is 1.44. The molecule has 2 amide bonds. The van der Waals surface area contributed by atoms with Gasteiger partial charge in [0.2, 0.25) is 5.91 Å². The number of benzene rings is 2. The zero-order valence-electron chi connectivity index (χ0n) is 15.7. The van der Waals surface area contributed by atoms with Crippen LogP contribution in [0.15, 0.2) is 63.1 Å². The highest BCUT2D eigenvalue weighted by molar-refractivity contribution is 8.01. The SMILES string of the molecule is Cc1csc(Sc2ccc(NC(=O)CCNC(=O)c3ccccc3C)cc2)n1. The van der Waals surface area contributed by atoms with E-state index in [0.29, 0.717) is 5.56 Å². The summed E-state index contributed by atoms with van der Waals surface area (Å²) in [5, 5.41) is 7.66. The van der Waals surface area contributed by atoms with Gasteiger partial charge in [0.1, 0.15) is 0 Å². The molecule has 7 heteroatoms. The molecule has 1 aromatic heterocycles. The van der Waals surface area contributed by atoms with E-state index in [1.54, 1.807) is 29.2 Å². The number of amides is 2. The van der Waals surface area contributed by atoms with Gasteiger partial charge in [-0.15, -0.1) is 11.3 Å². The third-order valence-corrected chi connectivity index (χ3v) is 6.03. The van der Waals surface area contributed by atoms with Gasteiger partial charge in [-0.1, -0.05) is 30.0 Å². The molecule has 0 unspecified atom stereocenters. The molecule has 1 heterocycles. The summed E-state index contributed by atoms with van der Waals surface area (Å²) in [7, 11) is 0. The number of carbonyl (C=O) groups excluding carboxylic acids is 2. The standard InChI is InChI=1S/C21H21N3O2S2/c1-14-5-3-4-6-18(14)20(26)22-12-11-19(25)24-16-7-9-17(10-8-16)28-21-23-15(2)13-27-21/h3-10,13H,11-12H2,1-2H3,(H,22,26)(H,24,25). The Morgan fingerprint density at radius 1 is 1.07 bits per heavy atom. The van der Waals surface area contributed by atoms with Gasteiger partial charge in [-0.3, -0.25) is 9.59 Å². The summed E-state index contributed by atoms with van der Waals surface area (Å²) in [4.78, 5) is 29.7. The molecular weight excluding hydrogens is 390 g/mol. The molecule has 0 aliphatic carbocycles. The molecule has 0 radical (unpaired) electrons. The lowest BCUT2D eigenvalue weighted by atomic mass is 10.1. The molecule has 5 nitrogen and oxygen atoms in total. The van der Waals surface area contributed by atoms with E-state index in [1.807, 2.05) is 61.7 Å². The summed E-state index contributed by atoms with van der Waals surface area (Å²) in [5.74, 6) is -0.300. The second-order valence-corrected chi connectivity index (χ2v) is 8.43. The van der Waals surface area contributed by atoms with Gasteiger partial charge in [0.15, 0.2) is 4.34 Å². The van der Waals surface area contributed by atoms with Gasteiger partial charge >= 0.3 is 0 Å². The fraction of sp³-hybridized carbons (Fsp3) is 0.190. The van der Waals surface area contributed by atoms with Gasteiger partial charge in [0.05, 0.1) is 0 Å². The highest BCUT2D eigenvalue weighted by atomic mass is 32.2. The van der Waals surface area contributed by atoms with Gasteiger partial charge in [-0.2, -0.15) is 0 Å². The summed E-state index contributed by atoms with van der Waals surface area (Å²) in [6.45, 7) is 4.15. The minimum Gasteiger partial charge on any atom is -0.352 e. The zero-order valence-corrected chi connectivity index (χ0v) is 17.3. The number of hydrogen-bond donors (Lipinski definition) is 2. The maximum atomic E-state index is 12.1. The number of hydrogen-bond acceptors (Lipinski definition) is 5.